The lowest BCUT2D eigenvalue weighted by molar-refractivity contribution is -0.373. The van der Waals surface area contributed by atoms with Crippen molar-refractivity contribution >= 4 is 32.1 Å². The number of hydrogen-bond donors (Lipinski definition) is 3. The predicted octanol–water partition coefficient (Wildman–Crippen LogP) is 3.63. The van der Waals surface area contributed by atoms with E-state index in [1.807, 2.05) is 0 Å². The summed E-state index contributed by atoms with van der Waals surface area (Å²) < 4.78 is 181. The molecule has 0 radical (unpaired) electrons. The first kappa shape index (κ1) is 41.1. The van der Waals surface area contributed by atoms with Crippen molar-refractivity contribution < 1.29 is 85.1 Å². The first-order chi connectivity index (χ1) is 18.8. The van der Waals surface area contributed by atoms with Crippen molar-refractivity contribution in [2.45, 2.75) is 95.1 Å². The van der Waals surface area contributed by atoms with E-state index in [2.05, 4.69) is 0 Å². The van der Waals surface area contributed by atoms with Crippen LogP contribution >= 0.6 is 0 Å². The molecule has 0 heterocycles. The van der Waals surface area contributed by atoms with Gasteiger partial charge in [-0.05, 0) is 47.0 Å². The van der Waals surface area contributed by atoms with Gasteiger partial charge in [0, 0.05) is 13.0 Å². The van der Waals surface area contributed by atoms with E-state index in [-0.39, 0.29) is 6.42 Å². The summed E-state index contributed by atoms with van der Waals surface area (Å²) >= 11 is 0. The Morgan fingerprint density at radius 3 is 1.67 bits per heavy atom. The van der Waals surface area contributed by atoms with Crippen LogP contribution in [0.4, 0.5) is 39.5 Å². The molecule has 43 heavy (non-hydrogen) atoms. The zero-order chi connectivity index (χ0) is 34.7. The molecule has 0 aliphatic heterocycles. The first-order valence-corrected chi connectivity index (χ1v) is 15.0. The summed E-state index contributed by atoms with van der Waals surface area (Å²) in [6.07, 6.45) is -18.8. The molecule has 0 fully saturated rings. The van der Waals surface area contributed by atoms with Gasteiger partial charge in [-0.2, -0.15) is 47.9 Å². The number of nitrogens with one attached hydrogen (secondary N) is 1. The van der Waals surface area contributed by atoms with Crippen molar-refractivity contribution in [3.05, 3.63) is 0 Å². The van der Waals surface area contributed by atoms with Gasteiger partial charge < -0.3 is 14.6 Å². The molecule has 4 atom stereocenters. The number of carbonyl (C=O) groups excluding carboxylic acids is 2. The molecule has 256 valence electrons. The normalized spacial score (nSPS) is 18.2. The Morgan fingerprint density at radius 1 is 0.837 bits per heavy atom. The molecule has 0 saturated heterocycles. The highest BCUT2D eigenvalue weighted by Gasteiger charge is 2.70. The second-order valence-electron chi connectivity index (χ2n) is 10.4. The van der Waals surface area contributed by atoms with Gasteiger partial charge >= 0.3 is 39.8 Å². The quantitative estimate of drug-likeness (QED) is 0.0995. The van der Waals surface area contributed by atoms with Crippen LogP contribution in [0.2, 0.25) is 0 Å². The predicted molar refractivity (Wildman–Crippen MR) is 128 cm³/mol. The molecule has 0 aliphatic rings. The molecule has 0 aliphatic carbocycles. The standard InChI is InChI=1S/C21H32F9NO10S2/c1-6-16(4,15(33)41-12(2)9-18(34,19(22,23)24)20(25,26)27)11-17(5,10-13(3)42(35,36)37)14(32)40-8-7-31-43(38,39)21(28,29)30/h12-13,31,34H,6-11H2,1-5H3,(H,35,36,37). The van der Waals surface area contributed by atoms with E-state index < -0.39 is 110 Å². The van der Waals surface area contributed by atoms with Gasteiger partial charge in [0.15, 0.2) is 0 Å². The zero-order valence-corrected chi connectivity index (χ0v) is 24.9. The average molecular weight is 694 g/mol. The maximum absolute atomic E-state index is 13.1. The van der Waals surface area contributed by atoms with Crippen molar-refractivity contribution in [3.8, 4) is 0 Å². The lowest BCUT2D eigenvalue weighted by Gasteiger charge is -2.38. The number of ether oxygens (including phenoxy) is 2. The van der Waals surface area contributed by atoms with Gasteiger partial charge in [0.05, 0.1) is 16.1 Å². The van der Waals surface area contributed by atoms with Crippen LogP contribution in [0.3, 0.4) is 0 Å². The summed E-state index contributed by atoms with van der Waals surface area (Å²) in [6, 6.07) is 0. The van der Waals surface area contributed by atoms with Crippen molar-refractivity contribution in [3.63, 3.8) is 0 Å². The minimum Gasteiger partial charge on any atom is -0.464 e. The SMILES string of the molecule is CCC(C)(CC(C)(CC(C)S(=O)(=O)O)C(=O)OCCNS(=O)(=O)C(F)(F)F)C(=O)OC(C)CC(O)(C(F)(F)F)C(F)(F)F. The fraction of sp³-hybridized carbons (Fsp3) is 0.905. The number of alkyl halides is 9. The summed E-state index contributed by atoms with van der Waals surface area (Å²) in [5, 5.41) is 7.62. The number of esters is 2. The fourth-order valence-electron chi connectivity index (χ4n) is 3.92. The van der Waals surface area contributed by atoms with Gasteiger partial charge in [-0.15, -0.1) is 0 Å². The Bertz CT molecular complexity index is 1190. The molecule has 3 N–H and O–H groups in total. The monoisotopic (exact) mass is 693 g/mol. The van der Waals surface area contributed by atoms with Crippen molar-refractivity contribution in [1.29, 1.82) is 0 Å². The smallest absolute Gasteiger partial charge is 0.464 e. The fourth-order valence-corrected chi connectivity index (χ4v) is 5.01. The number of aliphatic hydroxyl groups is 1. The highest BCUT2D eigenvalue weighted by Crippen LogP contribution is 2.47. The minimum atomic E-state index is -6.22. The van der Waals surface area contributed by atoms with E-state index in [0.717, 1.165) is 25.5 Å². The Balaban J connectivity index is 6.12. The van der Waals surface area contributed by atoms with Crippen molar-refractivity contribution in [2.24, 2.45) is 10.8 Å². The van der Waals surface area contributed by atoms with Crippen LogP contribution < -0.4 is 4.72 Å². The number of hydrogen-bond acceptors (Lipinski definition) is 9. The molecule has 0 bridgehead atoms. The Hall–Kier alpha value is -1.91. The third kappa shape index (κ3) is 10.6. The summed E-state index contributed by atoms with van der Waals surface area (Å²) in [5.41, 5.74) is -15.1. The molecule has 0 spiro atoms. The van der Waals surface area contributed by atoms with Crippen LogP contribution in [0.5, 0.6) is 0 Å². The highest BCUT2D eigenvalue weighted by atomic mass is 32.2. The van der Waals surface area contributed by atoms with Crippen LogP contribution in [0.15, 0.2) is 0 Å². The summed E-state index contributed by atoms with van der Waals surface area (Å²) in [5.74, 6) is -2.90. The Kier molecular flexibility index (Phi) is 13.0. The number of rotatable bonds is 15. The van der Waals surface area contributed by atoms with Crippen LogP contribution in [-0.2, 0) is 39.2 Å². The summed E-state index contributed by atoms with van der Waals surface area (Å²) in [4.78, 5) is 25.9. The highest BCUT2D eigenvalue weighted by molar-refractivity contribution is 7.90. The lowest BCUT2D eigenvalue weighted by atomic mass is 9.69. The Labute approximate surface area is 241 Å². The maximum atomic E-state index is 13.1. The van der Waals surface area contributed by atoms with Crippen LogP contribution in [0.25, 0.3) is 0 Å². The van der Waals surface area contributed by atoms with E-state index in [9.17, 15) is 75.6 Å². The second kappa shape index (κ2) is 13.6. The van der Waals surface area contributed by atoms with Gasteiger partial charge in [0.1, 0.15) is 12.7 Å². The minimum absolute atomic E-state index is 0.337. The third-order valence-electron chi connectivity index (χ3n) is 6.55. The van der Waals surface area contributed by atoms with E-state index in [0.29, 0.717) is 6.92 Å². The molecular formula is C21H32F9NO10S2. The molecule has 22 heteroatoms. The maximum Gasteiger partial charge on any atom is 0.511 e. The van der Waals surface area contributed by atoms with Crippen LogP contribution in [0.1, 0.15) is 60.3 Å². The van der Waals surface area contributed by atoms with Crippen LogP contribution in [0, 0.1) is 10.8 Å². The zero-order valence-electron chi connectivity index (χ0n) is 23.3. The topological polar surface area (TPSA) is 173 Å². The molecule has 0 saturated carbocycles. The molecule has 4 unspecified atom stereocenters. The van der Waals surface area contributed by atoms with Crippen LogP contribution in [-0.4, -0.2) is 86.4 Å². The van der Waals surface area contributed by atoms with Gasteiger partial charge in [0.25, 0.3) is 15.7 Å². The molecule has 0 aromatic heterocycles. The van der Waals surface area contributed by atoms with Crippen molar-refractivity contribution in [1.82, 2.24) is 4.72 Å². The molecule has 11 nitrogen and oxygen atoms in total. The second-order valence-corrected chi connectivity index (χ2v) is 14.0. The van der Waals surface area contributed by atoms with E-state index in [1.165, 1.54) is 6.92 Å². The van der Waals surface area contributed by atoms with Gasteiger partial charge in [0.2, 0.25) is 0 Å². The average Bonchev–Trinajstić information content (AvgIpc) is 2.78. The number of sulfonamides is 1. The van der Waals surface area contributed by atoms with E-state index in [1.54, 1.807) is 0 Å². The number of halogens is 9. The molecule has 0 aromatic carbocycles. The van der Waals surface area contributed by atoms with E-state index in [4.69, 9.17) is 9.47 Å². The van der Waals surface area contributed by atoms with E-state index >= 15 is 0 Å². The van der Waals surface area contributed by atoms with Gasteiger partial charge in [-0.3, -0.25) is 14.1 Å². The molecule has 0 aromatic rings. The van der Waals surface area contributed by atoms with Gasteiger partial charge in [-0.25, -0.2) is 13.1 Å². The number of carbonyl (C=O) groups is 2. The first-order valence-electron chi connectivity index (χ1n) is 12.1. The van der Waals surface area contributed by atoms with Crippen molar-refractivity contribution in [2.75, 3.05) is 13.2 Å². The third-order valence-corrected chi connectivity index (χ3v) is 8.93. The van der Waals surface area contributed by atoms with Gasteiger partial charge in [-0.1, -0.05) is 6.92 Å². The Morgan fingerprint density at radius 2 is 1.30 bits per heavy atom. The summed E-state index contributed by atoms with van der Waals surface area (Å²) in [7, 11) is -10.7. The lowest BCUT2D eigenvalue weighted by Crippen LogP contribution is -2.58. The molecule has 0 amide bonds. The largest absolute Gasteiger partial charge is 0.511 e. The molecular weight excluding hydrogens is 661 g/mol. The summed E-state index contributed by atoms with van der Waals surface area (Å²) in [6.45, 7) is 2.68. The molecule has 0 rings (SSSR count).